The van der Waals surface area contributed by atoms with Crippen molar-refractivity contribution in [3.63, 3.8) is 0 Å². The van der Waals surface area contributed by atoms with E-state index in [1.165, 1.54) is 109 Å². The zero-order valence-corrected chi connectivity index (χ0v) is 49.1. The van der Waals surface area contributed by atoms with E-state index in [-0.39, 0.29) is 60.3 Å². The summed E-state index contributed by atoms with van der Waals surface area (Å²) in [4.78, 5) is 14.2. The third-order valence-corrected chi connectivity index (χ3v) is 14.5. The normalized spacial score (nSPS) is 10.9. The Balaban J connectivity index is 0.000000129. The topological polar surface area (TPSA) is 38.7 Å². The summed E-state index contributed by atoms with van der Waals surface area (Å²) in [6.45, 7) is 4.33. The summed E-state index contributed by atoms with van der Waals surface area (Å²) < 4.78 is 0. The number of aryl methyl sites for hydroxylation is 2. The van der Waals surface area contributed by atoms with Crippen molar-refractivity contribution in [2.75, 3.05) is 0 Å². The molecule has 0 bridgehead atoms. The molecular formula is C71H46Ir3N3-3. The van der Waals surface area contributed by atoms with Crippen LogP contribution in [0.1, 0.15) is 11.1 Å². The van der Waals surface area contributed by atoms with Crippen LogP contribution in [0.3, 0.4) is 0 Å². The first kappa shape index (κ1) is 52.8. The Morgan fingerprint density at radius 2 is 0.779 bits per heavy atom. The maximum absolute atomic E-state index is 4.74. The Morgan fingerprint density at radius 1 is 0.299 bits per heavy atom. The van der Waals surface area contributed by atoms with Gasteiger partial charge in [-0.2, -0.15) is 0 Å². The van der Waals surface area contributed by atoms with Crippen LogP contribution in [-0.2, 0) is 60.3 Å². The predicted molar refractivity (Wildman–Crippen MR) is 313 cm³/mol. The number of fused-ring (bicyclic) bond motifs is 15. The molecule has 0 N–H and O–H groups in total. The molecule has 15 aromatic rings. The maximum Gasteiger partial charge on any atom is 0.0240 e. The summed E-state index contributed by atoms with van der Waals surface area (Å²) in [7, 11) is 0. The summed E-state index contributed by atoms with van der Waals surface area (Å²) in [6, 6.07) is 88.7. The molecule has 375 valence electrons. The number of aromatic nitrogens is 3. The van der Waals surface area contributed by atoms with E-state index in [1.807, 2.05) is 48.9 Å². The van der Waals surface area contributed by atoms with Crippen LogP contribution in [-0.4, -0.2) is 15.0 Å². The Labute approximate surface area is 488 Å². The van der Waals surface area contributed by atoms with Gasteiger partial charge in [-0.3, -0.25) is 0 Å². The SMILES string of the molecule is Cc1cccc(C)c1-c1c[c-]c2c(ccc3c4ccccc4cnc23)c1.[Ir].[Ir].[Ir].[c-]1ccc(-c2ccccc2)c2ccc3c4ccccc4cnc3c12.[c-]1cccc2ccc3c4ccc(-c5ccccc5)cc4cnc3c12. The summed E-state index contributed by atoms with van der Waals surface area (Å²) in [5, 5.41) is 17.6. The molecule has 3 heterocycles. The minimum absolute atomic E-state index is 0. The second-order valence-corrected chi connectivity index (χ2v) is 18.9. The van der Waals surface area contributed by atoms with Crippen LogP contribution in [0.4, 0.5) is 0 Å². The van der Waals surface area contributed by atoms with Crippen LogP contribution < -0.4 is 0 Å². The molecule has 77 heavy (non-hydrogen) atoms. The van der Waals surface area contributed by atoms with E-state index < -0.39 is 0 Å². The minimum atomic E-state index is 0. The van der Waals surface area contributed by atoms with Crippen molar-refractivity contribution in [2.45, 2.75) is 13.8 Å². The number of pyridine rings is 3. The van der Waals surface area contributed by atoms with Gasteiger partial charge < -0.3 is 15.0 Å². The molecule has 0 aliphatic rings. The molecule has 0 unspecified atom stereocenters. The number of rotatable bonds is 3. The first-order valence-electron chi connectivity index (χ1n) is 25.1. The molecule has 12 aromatic carbocycles. The molecule has 3 nitrogen and oxygen atoms in total. The number of hydrogen-bond acceptors (Lipinski definition) is 3. The first-order chi connectivity index (χ1) is 36.5. The van der Waals surface area contributed by atoms with Crippen LogP contribution >= 0.6 is 0 Å². The van der Waals surface area contributed by atoms with Gasteiger partial charge in [0.2, 0.25) is 0 Å². The molecule has 0 saturated carbocycles. The first-order valence-corrected chi connectivity index (χ1v) is 25.1. The van der Waals surface area contributed by atoms with Crippen molar-refractivity contribution in [2.24, 2.45) is 0 Å². The molecule has 0 fully saturated rings. The average Bonchev–Trinajstić information content (AvgIpc) is 3.54. The fourth-order valence-electron chi connectivity index (χ4n) is 10.9. The van der Waals surface area contributed by atoms with Crippen molar-refractivity contribution in [3.8, 4) is 33.4 Å². The van der Waals surface area contributed by atoms with Gasteiger partial charge in [0.05, 0.1) is 0 Å². The van der Waals surface area contributed by atoms with E-state index in [4.69, 9.17) is 15.0 Å². The van der Waals surface area contributed by atoms with E-state index in [0.29, 0.717) is 0 Å². The van der Waals surface area contributed by atoms with Crippen LogP contribution in [0, 0.1) is 32.0 Å². The molecule has 0 spiro atoms. The molecule has 0 saturated heterocycles. The van der Waals surface area contributed by atoms with E-state index >= 15 is 0 Å². The van der Waals surface area contributed by atoms with Gasteiger partial charge in [-0.15, -0.1) is 87.6 Å². The van der Waals surface area contributed by atoms with Crippen LogP contribution in [0.25, 0.3) is 131 Å². The van der Waals surface area contributed by atoms with Crippen molar-refractivity contribution in [3.05, 3.63) is 272 Å². The Bertz CT molecular complexity index is 4620. The van der Waals surface area contributed by atoms with Crippen LogP contribution in [0.2, 0.25) is 0 Å². The molecule has 3 aromatic heterocycles. The smallest absolute Gasteiger partial charge is 0.0240 e. The van der Waals surface area contributed by atoms with Crippen LogP contribution in [0.5, 0.6) is 0 Å². The summed E-state index contributed by atoms with van der Waals surface area (Å²) in [6.07, 6.45) is 5.90. The number of benzene rings is 12. The fourth-order valence-corrected chi connectivity index (χ4v) is 10.9. The molecule has 0 atom stereocenters. The van der Waals surface area contributed by atoms with E-state index in [9.17, 15) is 0 Å². The Morgan fingerprint density at radius 3 is 1.44 bits per heavy atom. The zero-order valence-electron chi connectivity index (χ0n) is 41.9. The fraction of sp³-hybridized carbons (Fsp3) is 0.0282. The second kappa shape index (κ2) is 22.9. The average molecular weight is 1520 g/mol. The maximum atomic E-state index is 4.74. The quantitative estimate of drug-likeness (QED) is 0.131. The van der Waals surface area contributed by atoms with Crippen LogP contribution in [0.15, 0.2) is 243 Å². The van der Waals surface area contributed by atoms with Crippen molar-refractivity contribution >= 4 is 97.3 Å². The molecular weight excluding hydrogens is 1470 g/mol. The van der Waals surface area contributed by atoms with Crippen molar-refractivity contribution in [1.29, 1.82) is 0 Å². The monoisotopic (exact) mass is 1520 g/mol. The third-order valence-electron chi connectivity index (χ3n) is 14.5. The second-order valence-electron chi connectivity index (χ2n) is 18.9. The van der Waals surface area contributed by atoms with E-state index in [0.717, 1.165) is 32.7 Å². The predicted octanol–water partition coefficient (Wildman–Crippen LogP) is 18.6. The largest absolute Gasteiger partial charge is 0.303 e. The van der Waals surface area contributed by atoms with E-state index in [1.54, 1.807) is 0 Å². The zero-order chi connectivity index (χ0) is 49.5. The summed E-state index contributed by atoms with van der Waals surface area (Å²) in [5.41, 5.74) is 13.1. The number of hydrogen-bond donors (Lipinski definition) is 0. The molecule has 0 aliphatic carbocycles. The Kier molecular flexibility index (Phi) is 15.7. The standard InChI is InChI=1S/C25H18N.2C23H14N.3Ir/c1-16-6-5-7-17(2)24(16)19-11-12-22-18(14-19)10-13-23-21-9-4-3-8-20(21)15-26-25(22)23;1-2-7-16(8-3-1)18-11-6-12-21-20(18)13-14-22-19-10-5-4-9-17(19)15-24-23(21)22;1-2-6-16(7-3-1)18-11-12-20-19(14-18)15-24-23-21-9-5-4-8-17(21)10-13-22(20)23;;;/h3-11,13-15H,1-2H3;1-11,13-15H;1-8,10-15H;;;/q3*-1;;;. The molecule has 15 rings (SSSR count). The molecule has 0 aliphatic heterocycles. The van der Waals surface area contributed by atoms with Gasteiger partial charge in [0.1, 0.15) is 0 Å². The van der Waals surface area contributed by atoms with Gasteiger partial charge in [0.15, 0.2) is 0 Å². The van der Waals surface area contributed by atoms with Gasteiger partial charge in [-0.1, -0.05) is 209 Å². The molecule has 0 amide bonds. The summed E-state index contributed by atoms with van der Waals surface area (Å²) in [5.74, 6) is 0. The minimum Gasteiger partial charge on any atom is -0.303 e. The third kappa shape index (κ3) is 10.0. The Hall–Kier alpha value is -7.62. The van der Waals surface area contributed by atoms with Gasteiger partial charge in [0, 0.05) is 78.9 Å². The number of nitrogens with zero attached hydrogens (tertiary/aromatic N) is 3. The van der Waals surface area contributed by atoms with Gasteiger partial charge in [0.25, 0.3) is 0 Å². The molecule has 6 heteroatoms. The van der Waals surface area contributed by atoms with Gasteiger partial charge >= 0.3 is 0 Å². The molecule has 3 radical (unpaired) electrons. The van der Waals surface area contributed by atoms with E-state index in [2.05, 4.69) is 226 Å². The van der Waals surface area contributed by atoms with Gasteiger partial charge in [-0.25, -0.2) is 0 Å². The summed E-state index contributed by atoms with van der Waals surface area (Å²) >= 11 is 0. The van der Waals surface area contributed by atoms with Gasteiger partial charge in [-0.05, 0) is 102 Å². The van der Waals surface area contributed by atoms with Crippen molar-refractivity contribution < 1.29 is 60.3 Å². The van der Waals surface area contributed by atoms with Crippen molar-refractivity contribution in [1.82, 2.24) is 15.0 Å².